The van der Waals surface area contributed by atoms with E-state index in [-0.39, 0.29) is 24.6 Å². The summed E-state index contributed by atoms with van der Waals surface area (Å²) < 4.78 is 29.1. The number of pyridine rings is 1. The van der Waals surface area contributed by atoms with Crippen LogP contribution in [0, 0.1) is 12.8 Å². The molecule has 1 saturated carbocycles. The number of carbonyl (C=O) groups excluding carboxylic acids is 2. The number of hydrogen-bond donors (Lipinski definition) is 2. The topological polar surface area (TPSA) is 146 Å². The highest BCUT2D eigenvalue weighted by atomic mass is 19.1. The van der Waals surface area contributed by atoms with Crippen LogP contribution < -0.4 is 10.5 Å². The van der Waals surface area contributed by atoms with Gasteiger partial charge in [-0.15, -0.1) is 0 Å². The number of nitrogens with one attached hydrogen (secondary N) is 1. The van der Waals surface area contributed by atoms with Gasteiger partial charge in [-0.3, -0.25) is 9.89 Å². The molecule has 1 aromatic carbocycles. The third kappa shape index (κ3) is 5.00. The lowest BCUT2D eigenvalue weighted by Crippen LogP contribution is -2.50. The zero-order valence-electron chi connectivity index (χ0n) is 25.6. The van der Waals surface area contributed by atoms with Gasteiger partial charge in [0.05, 0.1) is 43.2 Å². The first-order chi connectivity index (χ1) is 21.7. The van der Waals surface area contributed by atoms with E-state index in [0.29, 0.717) is 52.1 Å². The first-order valence-corrected chi connectivity index (χ1v) is 15.0. The van der Waals surface area contributed by atoms with Crippen molar-refractivity contribution >= 4 is 33.9 Å². The van der Waals surface area contributed by atoms with Crippen LogP contribution in [-0.2, 0) is 18.3 Å². The number of ether oxygens (including phenoxy) is 2. The highest BCUT2D eigenvalue weighted by molar-refractivity contribution is 6.00. The number of piperidine rings is 1. The van der Waals surface area contributed by atoms with Gasteiger partial charge in [-0.1, -0.05) is 0 Å². The molecule has 7 rings (SSSR count). The molecule has 234 valence electrons. The fraction of sp³-hybridized carbons (Fsp3) is 0.406. The SMILES string of the molecule is COC(=O)c1n[nH]c(C)c1-c1ccc2cc(-c3nc4cc(C(=O)N5C[C@H](N)C[C@@H](F)C5)cc(OC)c4n3C)n(CC3CC3)c2n1. The highest BCUT2D eigenvalue weighted by Crippen LogP contribution is 2.38. The van der Waals surface area contributed by atoms with Crippen LogP contribution in [0.25, 0.3) is 44.8 Å². The zero-order valence-corrected chi connectivity index (χ0v) is 25.6. The molecule has 2 aliphatic rings. The highest BCUT2D eigenvalue weighted by Gasteiger charge is 2.31. The van der Waals surface area contributed by atoms with E-state index in [9.17, 15) is 14.0 Å². The summed E-state index contributed by atoms with van der Waals surface area (Å²) >= 11 is 0. The average Bonchev–Trinajstić information content (AvgIpc) is 3.54. The van der Waals surface area contributed by atoms with E-state index in [0.717, 1.165) is 41.6 Å². The maximum absolute atomic E-state index is 14.3. The third-order valence-electron chi connectivity index (χ3n) is 8.81. The Morgan fingerprint density at radius 3 is 2.64 bits per heavy atom. The Morgan fingerprint density at radius 1 is 1.13 bits per heavy atom. The number of aromatic nitrogens is 6. The normalized spacial score (nSPS) is 18.6. The predicted octanol–water partition coefficient (Wildman–Crippen LogP) is 4.01. The Bertz CT molecular complexity index is 1960. The number of esters is 1. The van der Waals surface area contributed by atoms with Crippen LogP contribution in [0.4, 0.5) is 4.39 Å². The molecule has 5 heterocycles. The zero-order chi connectivity index (χ0) is 31.6. The molecule has 1 aliphatic carbocycles. The van der Waals surface area contributed by atoms with Crippen LogP contribution in [0.2, 0.25) is 0 Å². The van der Waals surface area contributed by atoms with Gasteiger partial charge in [0.2, 0.25) is 0 Å². The van der Waals surface area contributed by atoms with Crippen LogP contribution in [0.1, 0.15) is 45.8 Å². The number of fused-ring (bicyclic) bond motifs is 2. The molecule has 45 heavy (non-hydrogen) atoms. The van der Waals surface area contributed by atoms with E-state index in [2.05, 4.69) is 20.8 Å². The van der Waals surface area contributed by atoms with E-state index in [1.165, 1.54) is 12.0 Å². The third-order valence-corrected chi connectivity index (χ3v) is 8.81. The fourth-order valence-corrected chi connectivity index (χ4v) is 6.42. The first kappa shape index (κ1) is 29.0. The van der Waals surface area contributed by atoms with Gasteiger partial charge in [0, 0.05) is 42.8 Å². The van der Waals surface area contributed by atoms with Crippen molar-refractivity contribution in [1.29, 1.82) is 0 Å². The Hall–Kier alpha value is -4.78. The molecule has 4 aromatic heterocycles. The molecular weight excluding hydrogens is 579 g/mol. The summed E-state index contributed by atoms with van der Waals surface area (Å²) in [5.41, 5.74) is 11.4. The number of H-pyrrole nitrogens is 1. The first-order valence-electron chi connectivity index (χ1n) is 15.0. The number of nitrogens with two attached hydrogens (primary N) is 1. The number of benzene rings is 1. The minimum Gasteiger partial charge on any atom is -0.494 e. The molecule has 2 fully saturated rings. The van der Waals surface area contributed by atoms with Crippen molar-refractivity contribution in [2.75, 3.05) is 27.3 Å². The standard InChI is InChI=1S/C32H35FN8O4/c1-16-26(27(38-37-16)32(43)45-4)22-8-7-18-10-24(41(29(18)35-22)13-17-5-6-17)30-36-23-9-19(11-25(44-3)28(23)39(30)2)31(42)40-14-20(33)12-21(34)15-40/h7-11,17,20-21H,5-6,12-15,34H2,1-4H3,(H,37,38)/t20-,21-/m1/s1. The summed E-state index contributed by atoms with van der Waals surface area (Å²) in [5, 5.41) is 7.97. The molecule has 3 N–H and O–H groups in total. The van der Waals surface area contributed by atoms with Gasteiger partial charge in [-0.25, -0.2) is 19.2 Å². The van der Waals surface area contributed by atoms with E-state index in [1.54, 1.807) is 19.2 Å². The summed E-state index contributed by atoms with van der Waals surface area (Å²) in [6.45, 7) is 2.91. The van der Waals surface area contributed by atoms with Crippen molar-refractivity contribution in [3.63, 3.8) is 0 Å². The maximum Gasteiger partial charge on any atom is 0.359 e. The molecule has 2 atom stereocenters. The quantitative estimate of drug-likeness (QED) is 0.262. The van der Waals surface area contributed by atoms with Gasteiger partial charge < -0.3 is 29.2 Å². The summed E-state index contributed by atoms with van der Waals surface area (Å²) in [4.78, 5) is 37.4. The lowest BCUT2D eigenvalue weighted by atomic mass is 10.0. The smallest absolute Gasteiger partial charge is 0.359 e. The van der Waals surface area contributed by atoms with Crippen LogP contribution in [0.15, 0.2) is 30.3 Å². The lowest BCUT2D eigenvalue weighted by Gasteiger charge is -2.33. The number of nitrogens with zero attached hydrogens (tertiary/aromatic N) is 6. The monoisotopic (exact) mass is 614 g/mol. The second kappa shape index (κ2) is 11.0. The summed E-state index contributed by atoms with van der Waals surface area (Å²) in [6.07, 6.45) is 1.35. The van der Waals surface area contributed by atoms with Crippen molar-refractivity contribution in [3.05, 3.63) is 47.3 Å². The number of methoxy groups -OCH3 is 2. The number of hydrogen-bond acceptors (Lipinski definition) is 8. The molecule has 0 unspecified atom stereocenters. The van der Waals surface area contributed by atoms with Gasteiger partial charge in [0.25, 0.3) is 5.91 Å². The van der Waals surface area contributed by atoms with E-state index >= 15 is 0 Å². The molecule has 0 bridgehead atoms. The Kier molecular flexibility index (Phi) is 7.07. The van der Waals surface area contributed by atoms with Crippen LogP contribution >= 0.6 is 0 Å². The van der Waals surface area contributed by atoms with E-state index in [4.69, 9.17) is 25.2 Å². The largest absolute Gasteiger partial charge is 0.494 e. The molecule has 0 radical (unpaired) electrons. The molecule has 0 spiro atoms. The number of likely N-dealkylation sites (tertiary alicyclic amines) is 1. The van der Waals surface area contributed by atoms with E-state index in [1.807, 2.05) is 30.7 Å². The number of halogens is 1. The van der Waals surface area contributed by atoms with Crippen LogP contribution in [-0.4, -0.2) is 85.6 Å². The Morgan fingerprint density at radius 2 is 1.93 bits per heavy atom. The summed E-state index contributed by atoms with van der Waals surface area (Å²) in [7, 11) is 4.80. The minimum absolute atomic E-state index is 0.01000. The summed E-state index contributed by atoms with van der Waals surface area (Å²) in [5.74, 6) is 0.859. The second-order valence-corrected chi connectivity index (χ2v) is 12.1. The molecule has 5 aromatic rings. The number of rotatable bonds is 7. The van der Waals surface area contributed by atoms with Crippen LogP contribution in [0.5, 0.6) is 5.75 Å². The van der Waals surface area contributed by atoms with Crippen molar-refractivity contribution in [2.45, 2.75) is 44.9 Å². The molecule has 12 nitrogen and oxygen atoms in total. The molecular formula is C32H35FN8O4. The van der Waals surface area contributed by atoms with Gasteiger partial charge >= 0.3 is 5.97 Å². The minimum atomic E-state index is -1.16. The van der Waals surface area contributed by atoms with Gasteiger partial charge in [0.1, 0.15) is 23.1 Å². The molecule has 13 heteroatoms. The van der Waals surface area contributed by atoms with Gasteiger partial charge in [-0.2, -0.15) is 5.10 Å². The summed E-state index contributed by atoms with van der Waals surface area (Å²) in [6, 6.07) is 8.94. The number of amides is 1. The fourth-order valence-electron chi connectivity index (χ4n) is 6.42. The average molecular weight is 615 g/mol. The second-order valence-electron chi connectivity index (χ2n) is 12.1. The molecule has 1 amide bonds. The lowest BCUT2D eigenvalue weighted by molar-refractivity contribution is 0.0592. The van der Waals surface area contributed by atoms with Crippen molar-refractivity contribution < 1.29 is 23.5 Å². The molecule has 1 saturated heterocycles. The molecule has 1 aliphatic heterocycles. The Labute approximate surface area is 258 Å². The van der Waals surface area contributed by atoms with Crippen molar-refractivity contribution in [3.8, 4) is 28.5 Å². The van der Waals surface area contributed by atoms with Crippen LogP contribution in [0.3, 0.4) is 0 Å². The van der Waals surface area contributed by atoms with Crippen molar-refractivity contribution in [2.24, 2.45) is 18.7 Å². The van der Waals surface area contributed by atoms with Gasteiger partial charge in [0.15, 0.2) is 11.5 Å². The number of alkyl halides is 1. The number of aryl methyl sites for hydroxylation is 2. The predicted molar refractivity (Wildman–Crippen MR) is 166 cm³/mol. The van der Waals surface area contributed by atoms with Crippen molar-refractivity contribution in [1.82, 2.24) is 34.2 Å². The maximum atomic E-state index is 14.3. The number of carbonyl (C=O) groups is 2. The van der Waals surface area contributed by atoms with Gasteiger partial charge in [-0.05, 0) is 62.4 Å². The Balaban J connectivity index is 1.35. The number of aromatic amines is 1. The van der Waals surface area contributed by atoms with E-state index < -0.39 is 18.2 Å². The number of imidazole rings is 1.